The van der Waals surface area contributed by atoms with Crippen molar-refractivity contribution >= 4 is 15.7 Å². The number of rotatable bonds is 5. The molecule has 1 N–H and O–H groups in total. The molecule has 1 heterocycles. The van der Waals surface area contributed by atoms with Gasteiger partial charge in [-0.15, -0.1) is 0 Å². The van der Waals surface area contributed by atoms with Crippen molar-refractivity contribution in [2.45, 2.75) is 19.9 Å². The molecule has 6 heteroatoms. The first-order valence-electron chi connectivity index (χ1n) is 6.49. The zero-order valence-electron chi connectivity index (χ0n) is 11.3. The standard InChI is InChI=1S/C13H20N2O3S/c1-3-19(16,17)14-8-9-15-11(2)10-18-13-7-5-4-6-12(13)15/h4-7,11,14H,3,8-10H2,1-2H3. The van der Waals surface area contributed by atoms with Gasteiger partial charge in [0.2, 0.25) is 10.0 Å². The van der Waals surface area contributed by atoms with Gasteiger partial charge in [-0.2, -0.15) is 0 Å². The summed E-state index contributed by atoms with van der Waals surface area (Å²) in [5, 5.41) is 0. The molecule has 2 rings (SSSR count). The maximum absolute atomic E-state index is 11.4. The number of para-hydroxylation sites is 2. The summed E-state index contributed by atoms with van der Waals surface area (Å²) in [6.45, 7) is 5.38. The molecule has 1 aromatic carbocycles. The molecular formula is C13H20N2O3S. The molecule has 1 aliphatic rings. The van der Waals surface area contributed by atoms with Crippen LogP contribution in [0.5, 0.6) is 5.75 Å². The van der Waals surface area contributed by atoms with E-state index in [4.69, 9.17) is 4.74 Å². The molecule has 0 radical (unpaired) electrons. The van der Waals surface area contributed by atoms with Crippen LogP contribution in [0.2, 0.25) is 0 Å². The van der Waals surface area contributed by atoms with Gasteiger partial charge < -0.3 is 9.64 Å². The van der Waals surface area contributed by atoms with E-state index in [9.17, 15) is 8.42 Å². The number of benzene rings is 1. The van der Waals surface area contributed by atoms with Crippen LogP contribution in [0, 0.1) is 0 Å². The lowest BCUT2D eigenvalue weighted by atomic mass is 10.1. The van der Waals surface area contributed by atoms with E-state index in [0.29, 0.717) is 19.7 Å². The molecule has 1 aromatic rings. The third-order valence-corrected chi connectivity index (χ3v) is 4.65. The first-order chi connectivity index (χ1) is 9.03. The van der Waals surface area contributed by atoms with E-state index in [2.05, 4.69) is 16.5 Å². The highest BCUT2D eigenvalue weighted by Gasteiger charge is 2.23. The molecule has 1 aliphatic heterocycles. The Labute approximate surface area is 114 Å². The Morgan fingerprint density at radius 1 is 1.42 bits per heavy atom. The van der Waals surface area contributed by atoms with E-state index in [1.54, 1.807) is 6.92 Å². The summed E-state index contributed by atoms with van der Waals surface area (Å²) >= 11 is 0. The van der Waals surface area contributed by atoms with Crippen LogP contribution in [-0.2, 0) is 10.0 Å². The quantitative estimate of drug-likeness (QED) is 0.883. The Hall–Kier alpha value is -1.27. The zero-order chi connectivity index (χ0) is 13.9. The smallest absolute Gasteiger partial charge is 0.211 e. The van der Waals surface area contributed by atoms with Crippen LogP contribution >= 0.6 is 0 Å². The van der Waals surface area contributed by atoms with Gasteiger partial charge >= 0.3 is 0 Å². The Kier molecular flexibility index (Phi) is 4.31. The van der Waals surface area contributed by atoms with E-state index >= 15 is 0 Å². The molecule has 106 valence electrons. The number of anilines is 1. The third-order valence-electron chi connectivity index (χ3n) is 3.24. The van der Waals surface area contributed by atoms with Crippen molar-refractivity contribution in [1.29, 1.82) is 0 Å². The topological polar surface area (TPSA) is 58.6 Å². The third kappa shape index (κ3) is 3.39. The number of fused-ring (bicyclic) bond motifs is 1. The normalized spacial score (nSPS) is 18.8. The van der Waals surface area contributed by atoms with E-state index in [0.717, 1.165) is 11.4 Å². The molecule has 0 aromatic heterocycles. The molecule has 19 heavy (non-hydrogen) atoms. The summed E-state index contributed by atoms with van der Waals surface area (Å²) in [7, 11) is -3.12. The number of sulfonamides is 1. The molecule has 5 nitrogen and oxygen atoms in total. The highest BCUT2D eigenvalue weighted by molar-refractivity contribution is 7.89. The molecule has 0 fully saturated rings. The minimum atomic E-state index is -3.12. The van der Waals surface area contributed by atoms with Crippen molar-refractivity contribution in [3.05, 3.63) is 24.3 Å². The van der Waals surface area contributed by atoms with Gasteiger partial charge in [-0.3, -0.25) is 0 Å². The first-order valence-corrected chi connectivity index (χ1v) is 8.14. The van der Waals surface area contributed by atoms with Gasteiger partial charge in [0.15, 0.2) is 0 Å². The van der Waals surface area contributed by atoms with Gasteiger partial charge in [0, 0.05) is 13.1 Å². The molecule has 0 saturated carbocycles. The van der Waals surface area contributed by atoms with Gasteiger partial charge in [0.25, 0.3) is 0 Å². The highest BCUT2D eigenvalue weighted by Crippen LogP contribution is 2.32. The Bertz CT molecular complexity index is 530. The summed E-state index contributed by atoms with van der Waals surface area (Å²) < 4.78 is 31.1. The van der Waals surface area contributed by atoms with Crippen molar-refractivity contribution in [3.8, 4) is 5.75 Å². The summed E-state index contributed by atoms with van der Waals surface area (Å²) in [4.78, 5) is 2.18. The zero-order valence-corrected chi connectivity index (χ0v) is 12.1. The second-order valence-electron chi connectivity index (χ2n) is 4.62. The lowest BCUT2D eigenvalue weighted by molar-refractivity contribution is 0.270. The monoisotopic (exact) mass is 284 g/mol. The van der Waals surface area contributed by atoms with Gasteiger partial charge in [-0.05, 0) is 26.0 Å². The fourth-order valence-electron chi connectivity index (χ4n) is 2.12. The Morgan fingerprint density at radius 3 is 2.89 bits per heavy atom. The van der Waals surface area contributed by atoms with Crippen LogP contribution in [0.15, 0.2) is 24.3 Å². The minimum Gasteiger partial charge on any atom is -0.489 e. The van der Waals surface area contributed by atoms with Crippen LogP contribution in [-0.4, -0.2) is 39.9 Å². The largest absolute Gasteiger partial charge is 0.489 e. The van der Waals surface area contributed by atoms with Crippen LogP contribution in [0.1, 0.15) is 13.8 Å². The minimum absolute atomic E-state index is 0.113. The van der Waals surface area contributed by atoms with Crippen molar-refractivity contribution in [3.63, 3.8) is 0 Å². The molecular weight excluding hydrogens is 264 g/mol. The van der Waals surface area contributed by atoms with Crippen molar-refractivity contribution in [2.24, 2.45) is 0 Å². The summed E-state index contributed by atoms with van der Waals surface area (Å²) in [6, 6.07) is 8.07. The van der Waals surface area contributed by atoms with Gasteiger partial charge in [0.1, 0.15) is 12.4 Å². The molecule has 0 saturated heterocycles. The first kappa shape index (κ1) is 14.1. The maximum Gasteiger partial charge on any atom is 0.211 e. The lowest BCUT2D eigenvalue weighted by Gasteiger charge is -2.36. The van der Waals surface area contributed by atoms with Crippen LogP contribution < -0.4 is 14.4 Å². The number of ether oxygens (including phenoxy) is 1. The maximum atomic E-state index is 11.4. The van der Waals surface area contributed by atoms with E-state index < -0.39 is 10.0 Å². The van der Waals surface area contributed by atoms with Gasteiger partial charge in [-0.1, -0.05) is 12.1 Å². The number of hydrogen-bond acceptors (Lipinski definition) is 4. The van der Waals surface area contributed by atoms with Crippen LogP contribution in [0.25, 0.3) is 0 Å². The van der Waals surface area contributed by atoms with Crippen molar-refractivity contribution < 1.29 is 13.2 Å². The van der Waals surface area contributed by atoms with E-state index in [1.807, 2.05) is 24.3 Å². The molecule has 0 bridgehead atoms. The lowest BCUT2D eigenvalue weighted by Crippen LogP contribution is -2.45. The molecule has 1 atom stereocenters. The van der Waals surface area contributed by atoms with Crippen LogP contribution in [0.4, 0.5) is 5.69 Å². The van der Waals surface area contributed by atoms with Crippen molar-refractivity contribution in [1.82, 2.24) is 4.72 Å². The predicted octanol–water partition coefficient (Wildman–Crippen LogP) is 1.21. The van der Waals surface area contributed by atoms with E-state index in [-0.39, 0.29) is 11.8 Å². The van der Waals surface area contributed by atoms with Crippen molar-refractivity contribution in [2.75, 3.05) is 30.3 Å². The predicted molar refractivity (Wildman–Crippen MR) is 76.2 cm³/mol. The summed E-state index contributed by atoms with van der Waals surface area (Å²) in [5.74, 6) is 0.973. The Morgan fingerprint density at radius 2 is 2.16 bits per heavy atom. The summed E-state index contributed by atoms with van der Waals surface area (Å²) in [6.07, 6.45) is 0. The summed E-state index contributed by atoms with van der Waals surface area (Å²) in [5.41, 5.74) is 1.02. The molecule has 0 amide bonds. The van der Waals surface area contributed by atoms with E-state index in [1.165, 1.54) is 0 Å². The second kappa shape index (κ2) is 5.79. The Balaban J connectivity index is 2.04. The van der Waals surface area contributed by atoms with Gasteiger partial charge in [0.05, 0.1) is 17.5 Å². The highest BCUT2D eigenvalue weighted by atomic mass is 32.2. The number of nitrogens with one attached hydrogen (secondary N) is 1. The average molecular weight is 284 g/mol. The van der Waals surface area contributed by atoms with Crippen LogP contribution in [0.3, 0.4) is 0 Å². The molecule has 1 unspecified atom stereocenters. The number of hydrogen-bond donors (Lipinski definition) is 1. The number of nitrogens with zero attached hydrogens (tertiary/aromatic N) is 1. The average Bonchev–Trinajstić information content (AvgIpc) is 2.41. The molecule has 0 aliphatic carbocycles. The van der Waals surface area contributed by atoms with Gasteiger partial charge in [-0.25, -0.2) is 13.1 Å². The molecule has 0 spiro atoms. The fraction of sp³-hybridized carbons (Fsp3) is 0.538. The second-order valence-corrected chi connectivity index (χ2v) is 6.71. The fourth-order valence-corrected chi connectivity index (χ4v) is 2.73. The SMILES string of the molecule is CCS(=O)(=O)NCCN1c2ccccc2OCC1C.